The van der Waals surface area contributed by atoms with E-state index in [9.17, 15) is 14.7 Å². The van der Waals surface area contributed by atoms with Gasteiger partial charge in [0.2, 0.25) is 5.91 Å². The molecule has 4 aromatic rings. The Morgan fingerprint density at radius 2 is 1.42 bits per heavy atom. The number of rotatable bonds is 14. The first kappa shape index (κ1) is 32.1. The number of carbonyl (C=O) groups is 2. The van der Waals surface area contributed by atoms with Gasteiger partial charge >= 0.3 is 5.97 Å². The maximum absolute atomic E-state index is 12.5. The first-order chi connectivity index (χ1) is 21.9. The van der Waals surface area contributed by atoms with Gasteiger partial charge in [-0.25, -0.2) is 0 Å². The van der Waals surface area contributed by atoms with E-state index in [1.165, 1.54) is 11.1 Å². The molecule has 1 saturated heterocycles. The standard InChI is InChI=1S/C37H40N2O6/c40-26-29-17-19-30(20-18-29)34-22-33(25-39(23-27-9-3-1-4-10-27)24-28-11-5-2-6-12-28)44-37(45-34)31-13-7-14-32(21-31)38-35(41)15-8-16-36(42)43/h1-7,9-14,17-21,33-34,37,40H,8,15-16,22-26H2,(H,38,41)(H,42,43). The molecular weight excluding hydrogens is 568 g/mol. The first-order valence-corrected chi connectivity index (χ1v) is 15.4. The van der Waals surface area contributed by atoms with Crippen LogP contribution in [0.15, 0.2) is 109 Å². The van der Waals surface area contributed by atoms with Gasteiger partial charge < -0.3 is 25.0 Å². The molecule has 45 heavy (non-hydrogen) atoms. The number of benzene rings is 4. The predicted octanol–water partition coefficient (Wildman–Crippen LogP) is 6.62. The highest BCUT2D eigenvalue weighted by atomic mass is 16.7. The summed E-state index contributed by atoms with van der Waals surface area (Å²) >= 11 is 0. The fraction of sp³-hybridized carbons (Fsp3) is 0.297. The minimum absolute atomic E-state index is 0.0249. The zero-order chi connectivity index (χ0) is 31.4. The van der Waals surface area contributed by atoms with E-state index in [1.54, 1.807) is 6.07 Å². The number of hydrogen-bond acceptors (Lipinski definition) is 6. The lowest BCUT2D eigenvalue weighted by molar-refractivity contribution is -0.253. The number of nitrogens with one attached hydrogen (secondary N) is 1. The zero-order valence-corrected chi connectivity index (χ0v) is 25.3. The molecule has 5 rings (SSSR count). The van der Waals surface area contributed by atoms with Crippen molar-refractivity contribution < 1.29 is 29.3 Å². The van der Waals surface area contributed by atoms with Crippen molar-refractivity contribution in [3.8, 4) is 0 Å². The third kappa shape index (κ3) is 9.83. The normalized spacial score (nSPS) is 18.0. The van der Waals surface area contributed by atoms with Crippen molar-refractivity contribution in [1.29, 1.82) is 0 Å². The highest BCUT2D eigenvalue weighted by Gasteiger charge is 2.33. The van der Waals surface area contributed by atoms with Crippen LogP contribution < -0.4 is 5.32 Å². The molecule has 1 fully saturated rings. The summed E-state index contributed by atoms with van der Waals surface area (Å²) < 4.78 is 13.2. The second kappa shape index (κ2) is 16.1. The number of aliphatic hydroxyl groups excluding tert-OH is 1. The third-order valence-electron chi connectivity index (χ3n) is 7.81. The highest BCUT2D eigenvalue weighted by molar-refractivity contribution is 5.90. The molecule has 0 bridgehead atoms. The second-order valence-corrected chi connectivity index (χ2v) is 11.4. The van der Waals surface area contributed by atoms with Gasteiger partial charge in [-0.15, -0.1) is 0 Å². The van der Waals surface area contributed by atoms with Crippen molar-refractivity contribution in [2.75, 3.05) is 11.9 Å². The molecule has 8 heteroatoms. The van der Waals surface area contributed by atoms with Gasteiger partial charge in [-0.3, -0.25) is 14.5 Å². The molecule has 8 nitrogen and oxygen atoms in total. The van der Waals surface area contributed by atoms with Crippen LogP contribution in [0.4, 0.5) is 5.69 Å². The number of aliphatic carboxylic acids is 1. The van der Waals surface area contributed by atoms with E-state index < -0.39 is 12.3 Å². The zero-order valence-electron chi connectivity index (χ0n) is 25.3. The van der Waals surface area contributed by atoms with Gasteiger partial charge in [0.05, 0.1) is 18.8 Å². The van der Waals surface area contributed by atoms with E-state index in [4.69, 9.17) is 14.6 Å². The average Bonchev–Trinajstić information content (AvgIpc) is 3.05. The van der Waals surface area contributed by atoms with E-state index in [-0.39, 0.29) is 44.0 Å². The van der Waals surface area contributed by atoms with Crippen molar-refractivity contribution in [1.82, 2.24) is 4.90 Å². The number of hydrogen-bond donors (Lipinski definition) is 3. The number of nitrogens with zero attached hydrogens (tertiary/aromatic N) is 1. The molecule has 1 heterocycles. The first-order valence-electron chi connectivity index (χ1n) is 15.4. The lowest BCUT2D eigenvalue weighted by atomic mass is 9.99. The van der Waals surface area contributed by atoms with Gasteiger partial charge in [-0.1, -0.05) is 97.1 Å². The Morgan fingerprint density at radius 1 is 0.756 bits per heavy atom. The second-order valence-electron chi connectivity index (χ2n) is 11.4. The van der Waals surface area contributed by atoms with Crippen LogP contribution in [-0.2, 0) is 38.8 Å². The summed E-state index contributed by atoms with van der Waals surface area (Å²) in [5, 5.41) is 21.3. The third-order valence-corrected chi connectivity index (χ3v) is 7.81. The van der Waals surface area contributed by atoms with E-state index >= 15 is 0 Å². The minimum Gasteiger partial charge on any atom is -0.481 e. The lowest BCUT2D eigenvalue weighted by Gasteiger charge is -2.38. The monoisotopic (exact) mass is 608 g/mol. The van der Waals surface area contributed by atoms with Crippen LogP contribution in [0.25, 0.3) is 0 Å². The number of carbonyl (C=O) groups excluding carboxylic acids is 1. The van der Waals surface area contributed by atoms with Crippen molar-refractivity contribution in [2.45, 2.75) is 63.9 Å². The summed E-state index contributed by atoms with van der Waals surface area (Å²) in [7, 11) is 0. The average molecular weight is 609 g/mol. The Hall–Kier alpha value is -4.34. The quantitative estimate of drug-likeness (QED) is 0.148. The number of ether oxygens (including phenoxy) is 2. The molecule has 0 saturated carbocycles. The molecular formula is C37H40N2O6. The van der Waals surface area contributed by atoms with Gasteiger partial charge in [0.15, 0.2) is 6.29 Å². The largest absolute Gasteiger partial charge is 0.481 e. The molecule has 1 aliphatic heterocycles. The fourth-order valence-corrected chi connectivity index (χ4v) is 5.58. The van der Waals surface area contributed by atoms with Gasteiger partial charge in [-0.2, -0.15) is 0 Å². The topological polar surface area (TPSA) is 108 Å². The van der Waals surface area contributed by atoms with Crippen LogP contribution >= 0.6 is 0 Å². The summed E-state index contributed by atoms with van der Waals surface area (Å²) in [6, 6.07) is 36.1. The van der Waals surface area contributed by atoms with Crippen LogP contribution in [0.5, 0.6) is 0 Å². The SMILES string of the molecule is O=C(O)CCCC(=O)Nc1cccc(C2OC(CN(Cc3ccccc3)Cc3ccccc3)CC(c3ccc(CO)cc3)O2)c1. The van der Waals surface area contributed by atoms with Crippen LogP contribution in [0, 0.1) is 0 Å². The number of aliphatic hydroxyl groups is 1. The van der Waals surface area contributed by atoms with Gasteiger partial charge in [0.1, 0.15) is 0 Å². The Morgan fingerprint density at radius 3 is 2.04 bits per heavy atom. The van der Waals surface area contributed by atoms with Crippen molar-refractivity contribution >= 4 is 17.6 Å². The summed E-state index contributed by atoms with van der Waals surface area (Å²) in [5.74, 6) is -1.16. The molecule has 1 aliphatic rings. The Kier molecular flexibility index (Phi) is 11.5. The summed E-state index contributed by atoms with van der Waals surface area (Å²) in [6.45, 7) is 2.18. The van der Waals surface area contributed by atoms with Gasteiger partial charge in [0.25, 0.3) is 0 Å². The molecule has 0 spiro atoms. The fourth-order valence-electron chi connectivity index (χ4n) is 5.58. The number of carboxylic acids is 1. The Balaban J connectivity index is 1.36. The van der Waals surface area contributed by atoms with E-state index in [0.29, 0.717) is 18.7 Å². The number of carboxylic acid groups (broad SMARTS) is 1. The molecule has 1 amide bonds. The van der Waals surface area contributed by atoms with E-state index in [2.05, 4.69) is 58.7 Å². The molecule has 3 atom stereocenters. The van der Waals surface area contributed by atoms with Gasteiger partial charge in [-0.05, 0) is 40.8 Å². The maximum atomic E-state index is 12.5. The summed E-state index contributed by atoms with van der Waals surface area (Å²) in [5.41, 5.74) is 5.66. The van der Waals surface area contributed by atoms with Crippen molar-refractivity contribution in [2.24, 2.45) is 0 Å². The van der Waals surface area contributed by atoms with Crippen LogP contribution in [-0.4, -0.2) is 39.6 Å². The van der Waals surface area contributed by atoms with Crippen molar-refractivity contribution in [3.63, 3.8) is 0 Å². The molecule has 3 unspecified atom stereocenters. The van der Waals surface area contributed by atoms with Gasteiger partial charge in [0, 0.05) is 50.1 Å². The molecule has 0 radical (unpaired) electrons. The maximum Gasteiger partial charge on any atom is 0.303 e. The number of amides is 1. The molecule has 3 N–H and O–H groups in total. The summed E-state index contributed by atoms with van der Waals surface area (Å²) in [6.07, 6.45) is -0.0831. The lowest BCUT2D eigenvalue weighted by Crippen LogP contribution is -2.39. The minimum atomic E-state index is -0.919. The van der Waals surface area contributed by atoms with E-state index in [0.717, 1.165) is 29.8 Å². The highest BCUT2D eigenvalue weighted by Crippen LogP contribution is 2.39. The molecule has 4 aromatic carbocycles. The molecule has 234 valence electrons. The van der Waals surface area contributed by atoms with Crippen LogP contribution in [0.2, 0.25) is 0 Å². The molecule has 0 aliphatic carbocycles. The molecule has 0 aromatic heterocycles. The van der Waals surface area contributed by atoms with E-state index in [1.807, 2.05) is 54.6 Å². The summed E-state index contributed by atoms with van der Waals surface area (Å²) in [4.78, 5) is 25.7. The van der Waals surface area contributed by atoms with Crippen LogP contribution in [0.3, 0.4) is 0 Å². The van der Waals surface area contributed by atoms with Crippen molar-refractivity contribution in [3.05, 3.63) is 137 Å². The Labute approximate surface area is 264 Å². The van der Waals surface area contributed by atoms with Crippen LogP contribution in [0.1, 0.15) is 65.9 Å². The predicted molar refractivity (Wildman–Crippen MR) is 172 cm³/mol. The number of anilines is 1. The Bertz CT molecular complexity index is 1470. The smallest absolute Gasteiger partial charge is 0.303 e.